The number of nitrogens with two attached hydrogens (primary N) is 1. The van der Waals surface area contributed by atoms with E-state index in [1.807, 2.05) is 0 Å². The first-order chi connectivity index (χ1) is 5.24. The maximum absolute atomic E-state index is 10.5. The Labute approximate surface area is 63.3 Å². The van der Waals surface area contributed by atoms with Gasteiger partial charge in [0, 0.05) is 0 Å². The van der Waals surface area contributed by atoms with Crippen LogP contribution >= 0.6 is 0 Å². The summed E-state index contributed by atoms with van der Waals surface area (Å²) in [5.74, 6) is 0.468. The fraction of sp³-hybridized carbons (Fsp3) is 0.333. The van der Waals surface area contributed by atoms with Crippen LogP contribution in [0.1, 0.15) is 18.3 Å². The Hall–Kier alpha value is -1.36. The predicted octanol–water partition coefficient (Wildman–Crippen LogP) is -0.326. The van der Waals surface area contributed by atoms with Crippen LogP contribution in [0.2, 0.25) is 0 Å². The Morgan fingerprint density at radius 3 is 3.00 bits per heavy atom. The van der Waals surface area contributed by atoms with E-state index in [0.717, 1.165) is 0 Å². The molecular formula is C6H10N4O. The average molecular weight is 154 g/mol. The number of rotatable bonds is 3. The van der Waals surface area contributed by atoms with Crippen LogP contribution in [0.4, 0.5) is 0 Å². The molecule has 0 saturated heterocycles. The summed E-state index contributed by atoms with van der Waals surface area (Å²) >= 11 is 0. The molecule has 1 aromatic rings. The molecule has 11 heavy (non-hydrogen) atoms. The monoisotopic (exact) mass is 154 g/mol. The quantitative estimate of drug-likeness (QED) is 0.521. The second-order valence-electron chi connectivity index (χ2n) is 2.19. The second kappa shape index (κ2) is 3.16. The number of aromatic nitrogens is 3. The third-order valence-electron chi connectivity index (χ3n) is 1.29. The van der Waals surface area contributed by atoms with Crippen molar-refractivity contribution >= 4 is 0 Å². The molecule has 1 aromatic heterocycles. The SMILES string of the molecule is C=CCC(N)c1n[nH]c(=O)[nH]1. The molecule has 1 atom stereocenters. The lowest BCUT2D eigenvalue weighted by atomic mass is 10.2. The highest BCUT2D eigenvalue weighted by atomic mass is 16.1. The van der Waals surface area contributed by atoms with Crippen molar-refractivity contribution in [3.8, 4) is 0 Å². The highest BCUT2D eigenvalue weighted by Crippen LogP contribution is 2.05. The van der Waals surface area contributed by atoms with Gasteiger partial charge in [-0.05, 0) is 6.42 Å². The molecule has 1 unspecified atom stereocenters. The van der Waals surface area contributed by atoms with Crippen LogP contribution < -0.4 is 11.4 Å². The summed E-state index contributed by atoms with van der Waals surface area (Å²) in [4.78, 5) is 13.0. The summed E-state index contributed by atoms with van der Waals surface area (Å²) in [7, 11) is 0. The van der Waals surface area contributed by atoms with Crippen LogP contribution in [0.3, 0.4) is 0 Å². The molecular weight excluding hydrogens is 144 g/mol. The lowest BCUT2D eigenvalue weighted by Crippen LogP contribution is -2.12. The van der Waals surface area contributed by atoms with Crippen LogP contribution in [0.15, 0.2) is 17.4 Å². The van der Waals surface area contributed by atoms with E-state index in [2.05, 4.69) is 21.8 Å². The van der Waals surface area contributed by atoms with Gasteiger partial charge in [-0.15, -0.1) is 6.58 Å². The normalized spacial score (nSPS) is 12.8. The van der Waals surface area contributed by atoms with Gasteiger partial charge in [0.05, 0.1) is 6.04 Å². The van der Waals surface area contributed by atoms with Crippen molar-refractivity contribution in [3.05, 3.63) is 29.0 Å². The van der Waals surface area contributed by atoms with Crippen LogP contribution in [-0.4, -0.2) is 15.2 Å². The topological polar surface area (TPSA) is 87.6 Å². The fourth-order valence-corrected chi connectivity index (χ4v) is 0.750. The molecule has 0 aliphatic heterocycles. The van der Waals surface area contributed by atoms with Crippen molar-refractivity contribution in [2.75, 3.05) is 0 Å². The minimum absolute atomic E-state index is 0.272. The van der Waals surface area contributed by atoms with Gasteiger partial charge in [0.15, 0.2) is 0 Å². The zero-order valence-corrected chi connectivity index (χ0v) is 6.00. The first-order valence-electron chi connectivity index (χ1n) is 3.25. The maximum atomic E-state index is 10.5. The molecule has 1 heterocycles. The third-order valence-corrected chi connectivity index (χ3v) is 1.29. The van der Waals surface area contributed by atoms with E-state index in [4.69, 9.17) is 5.73 Å². The van der Waals surface area contributed by atoms with E-state index in [9.17, 15) is 4.79 Å². The van der Waals surface area contributed by atoms with E-state index in [-0.39, 0.29) is 11.7 Å². The molecule has 5 heteroatoms. The van der Waals surface area contributed by atoms with E-state index >= 15 is 0 Å². The maximum Gasteiger partial charge on any atom is 0.340 e. The van der Waals surface area contributed by atoms with Gasteiger partial charge >= 0.3 is 5.69 Å². The van der Waals surface area contributed by atoms with Crippen molar-refractivity contribution in [2.45, 2.75) is 12.5 Å². The molecule has 0 aliphatic carbocycles. The molecule has 0 spiro atoms. The standard InChI is InChI=1S/C6H10N4O/c1-2-3-4(7)5-8-6(11)10-9-5/h2,4H,1,3,7H2,(H2,8,9,10,11). The van der Waals surface area contributed by atoms with E-state index in [1.54, 1.807) is 6.08 Å². The molecule has 0 amide bonds. The summed E-state index contributed by atoms with van der Waals surface area (Å²) in [6.45, 7) is 3.52. The van der Waals surface area contributed by atoms with Gasteiger partial charge in [-0.2, -0.15) is 5.10 Å². The molecule has 60 valence electrons. The summed E-state index contributed by atoms with van der Waals surface area (Å²) < 4.78 is 0. The summed E-state index contributed by atoms with van der Waals surface area (Å²) in [6.07, 6.45) is 2.28. The average Bonchev–Trinajstić information content (AvgIpc) is 2.36. The molecule has 5 nitrogen and oxygen atoms in total. The summed E-state index contributed by atoms with van der Waals surface area (Å²) in [5.41, 5.74) is 5.26. The van der Waals surface area contributed by atoms with Crippen LogP contribution in [0, 0.1) is 0 Å². The molecule has 0 aromatic carbocycles. The summed E-state index contributed by atoms with van der Waals surface area (Å²) in [6, 6.07) is -0.272. The third kappa shape index (κ3) is 1.78. The molecule has 0 saturated carbocycles. The van der Waals surface area contributed by atoms with Crippen molar-refractivity contribution in [3.63, 3.8) is 0 Å². The highest BCUT2D eigenvalue weighted by Gasteiger charge is 2.06. The molecule has 0 radical (unpaired) electrons. The Kier molecular flexibility index (Phi) is 2.22. The Bertz CT molecular complexity index is 287. The number of nitrogens with zero attached hydrogens (tertiary/aromatic N) is 1. The zero-order chi connectivity index (χ0) is 8.27. The van der Waals surface area contributed by atoms with Gasteiger partial charge in [0.1, 0.15) is 5.82 Å². The van der Waals surface area contributed by atoms with Crippen molar-refractivity contribution in [1.82, 2.24) is 15.2 Å². The van der Waals surface area contributed by atoms with E-state index in [0.29, 0.717) is 12.2 Å². The van der Waals surface area contributed by atoms with Gasteiger partial charge in [-0.3, -0.25) is 4.98 Å². The minimum atomic E-state index is -0.334. The Morgan fingerprint density at radius 2 is 2.55 bits per heavy atom. The highest BCUT2D eigenvalue weighted by molar-refractivity contribution is 4.92. The lowest BCUT2D eigenvalue weighted by Gasteiger charge is -2.01. The van der Waals surface area contributed by atoms with Gasteiger partial charge in [0.2, 0.25) is 0 Å². The molecule has 0 bridgehead atoms. The Balaban J connectivity index is 2.75. The van der Waals surface area contributed by atoms with Gasteiger partial charge in [0.25, 0.3) is 0 Å². The number of H-pyrrole nitrogens is 2. The van der Waals surface area contributed by atoms with E-state index in [1.165, 1.54) is 0 Å². The largest absolute Gasteiger partial charge is 0.340 e. The van der Waals surface area contributed by atoms with Crippen molar-refractivity contribution in [1.29, 1.82) is 0 Å². The zero-order valence-electron chi connectivity index (χ0n) is 6.00. The van der Waals surface area contributed by atoms with Gasteiger partial charge < -0.3 is 5.73 Å². The molecule has 0 fully saturated rings. The lowest BCUT2D eigenvalue weighted by molar-refractivity contribution is 0.686. The second-order valence-corrected chi connectivity index (χ2v) is 2.19. The number of hydrogen-bond acceptors (Lipinski definition) is 3. The Morgan fingerprint density at radius 1 is 1.82 bits per heavy atom. The van der Waals surface area contributed by atoms with Gasteiger partial charge in [-0.1, -0.05) is 6.08 Å². The van der Waals surface area contributed by atoms with Crippen LogP contribution in [-0.2, 0) is 0 Å². The van der Waals surface area contributed by atoms with Crippen LogP contribution in [0.25, 0.3) is 0 Å². The minimum Gasteiger partial charge on any atom is -0.321 e. The molecule has 1 rings (SSSR count). The summed E-state index contributed by atoms with van der Waals surface area (Å²) in [5, 5.41) is 5.90. The number of hydrogen-bond donors (Lipinski definition) is 3. The van der Waals surface area contributed by atoms with Crippen molar-refractivity contribution < 1.29 is 0 Å². The fourth-order valence-electron chi connectivity index (χ4n) is 0.750. The van der Waals surface area contributed by atoms with Crippen molar-refractivity contribution in [2.24, 2.45) is 5.73 Å². The molecule has 4 N–H and O–H groups in total. The first kappa shape index (κ1) is 7.74. The number of nitrogens with one attached hydrogen (secondary N) is 2. The van der Waals surface area contributed by atoms with Gasteiger partial charge in [-0.25, -0.2) is 9.89 Å². The first-order valence-corrected chi connectivity index (χ1v) is 3.25. The smallest absolute Gasteiger partial charge is 0.321 e. The van der Waals surface area contributed by atoms with E-state index < -0.39 is 0 Å². The number of aromatic amines is 2. The predicted molar refractivity (Wildman–Crippen MR) is 41.0 cm³/mol. The van der Waals surface area contributed by atoms with Crippen LogP contribution in [0.5, 0.6) is 0 Å². The molecule has 0 aliphatic rings.